The van der Waals surface area contributed by atoms with E-state index in [-0.39, 0.29) is 10.6 Å². The highest BCUT2D eigenvalue weighted by atomic mass is 79.9. The first-order valence-corrected chi connectivity index (χ1v) is 11.3. The van der Waals surface area contributed by atoms with Crippen molar-refractivity contribution in [2.45, 2.75) is 18.7 Å². The van der Waals surface area contributed by atoms with Gasteiger partial charge in [0.1, 0.15) is 12.4 Å². The Kier molecular flexibility index (Phi) is 6.58. The zero-order valence-electron chi connectivity index (χ0n) is 16.4. The average Bonchev–Trinajstić information content (AvgIpc) is 2.71. The third kappa shape index (κ3) is 4.88. The quantitative estimate of drug-likeness (QED) is 0.526. The van der Waals surface area contributed by atoms with Crippen molar-refractivity contribution >= 4 is 43.2 Å². The molecule has 0 spiro atoms. The van der Waals surface area contributed by atoms with Crippen molar-refractivity contribution in [3.05, 3.63) is 88.1 Å². The zero-order chi connectivity index (χ0) is 21.9. The summed E-state index contributed by atoms with van der Waals surface area (Å²) in [7, 11) is -4.02. The first-order valence-electron chi connectivity index (χ1n) is 9.08. The van der Waals surface area contributed by atoms with Crippen LogP contribution in [0.15, 0.2) is 76.1 Å². The van der Waals surface area contributed by atoms with Crippen molar-refractivity contribution in [2.75, 3.05) is 16.2 Å². The molecule has 3 aromatic rings. The molecule has 0 aliphatic rings. The molecule has 0 saturated carbocycles. The summed E-state index contributed by atoms with van der Waals surface area (Å²) in [4.78, 5) is 12.7. The Morgan fingerprint density at radius 3 is 2.33 bits per heavy atom. The Labute approximate surface area is 183 Å². The summed E-state index contributed by atoms with van der Waals surface area (Å²) in [6, 6.07) is 17.2. The molecule has 1 amide bonds. The van der Waals surface area contributed by atoms with Gasteiger partial charge in [-0.05, 0) is 67.4 Å². The van der Waals surface area contributed by atoms with Gasteiger partial charge in [0, 0.05) is 4.47 Å². The number of nitrogens with zero attached hydrogens (tertiary/aromatic N) is 1. The average molecular weight is 491 g/mol. The van der Waals surface area contributed by atoms with Crippen LogP contribution in [0, 0.1) is 19.7 Å². The van der Waals surface area contributed by atoms with Gasteiger partial charge in [-0.1, -0.05) is 40.2 Å². The van der Waals surface area contributed by atoms with Crippen LogP contribution in [-0.4, -0.2) is 20.9 Å². The molecule has 3 aromatic carbocycles. The van der Waals surface area contributed by atoms with Crippen molar-refractivity contribution in [2.24, 2.45) is 0 Å². The molecule has 0 heterocycles. The molecular formula is C22H20BrFN2O3S. The summed E-state index contributed by atoms with van der Waals surface area (Å²) in [5, 5.41) is 2.45. The molecule has 0 radical (unpaired) electrons. The van der Waals surface area contributed by atoms with Crippen LogP contribution in [0.5, 0.6) is 0 Å². The number of aryl methyl sites for hydroxylation is 2. The number of rotatable bonds is 6. The van der Waals surface area contributed by atoms with Crippen LogP contribution in [0.1, 0.15) is 11.1 Å². The molecule has 156 valence electrons. The number of hydrogen-bond donors (Lipinski definition) is 1. The number of hydrogen-bond acceptors (Lipinski definition) is 3. The normalized spacial score (nSPS) is 11.2. The number of benzene rings is 3. The topological polar surface area (TPSA) is 66.5 Å². The molecule has 3 rings (SSSR count). The smallest absolute Gasteiger partial charge is 0.264 e. The Morgan fingerprint density at radius 1 is 1.00 bits per heavy atom. The highest BCUT2D eigenvalue weighted by Gasteiger charge is 2.27. The lowest BCUT2D eigenvalue weighted by molar-refractivity contribution is -0.114. The number of carbonyl (C=O) groups is 1. The minimum absolute atomic E-state index is 0.0275. The lowest BCUT2D eigenvalue weighted by Crippen LogP contribution is -2.38. The predicted molar refractivity (Wildman–Crippen MR) is 120 cm³/mol. The minimum Gasteiger partial charge on any atom is -0.322 e. The molecule has 0 unspecified atom stereocenters. The number of amides is 1. The molecule has 0 aliphatic carbocycles. The SMILES string of the molecule is Cc1ccc(N(CC(=O)Nc2ccc(Br)cc2F)S(=O)(=O)c2ccccc2)cc1C. The van der Waals surface area contributed by atoms with Crippen LogP contribution >= 0.6 is 15.9 Å². The van der Waals surface area contributed by atoms with Gasteiger partial charge >= 0.3 is 0 Å². The lowest BCUT2D eigenvalue weighted by Gasteiger charge is -2.25. The third-order valence-electron chi connectivity index (χ3n) is 4.60. The lowest BCUT2D eigenvalue weighted by atomic mass is 10.1. The van der Waals surface area contributed by atoms with Crippen LogP contribution in [0.4, 0.5) is 15.8 Å². The van der Waals surface area contributed by atoms with Gasteiger partial charge in [-0.3, -0.25) is 9.10 Å². The summed E-state index contributed by atoms with van der Waals surface area (Å²) >= 11 is 3.16. The highest BCUT2D eigenvalue weighted by molar-refractivity contribution is 9.10. The van der Waals surface area contributed by atoms with Gasteiger partial charge in [-0.25, -0.2) is 12.8 Å². The molecule has 0 aliphatic heterocycles. The van der Waals surface area contributed by atoms with E-state index in [1.165, 1.54) is 24.3 Å². The summed E-state index contributed by atoms with van der Waals surface area (Å²) in [6.45, 7) is 3.27. The number of anilines is 2. The molecular weight excluding hydrogens is 471 g/mol. The molecule has 5 nitrogen and oxygen atoms in total. The van der Waals surface area contributed by atoms with Gasteiger partial charge in [0.05, 0.1) is 16.3 Å². The van der Waals surface area contributed by atoms with E-state index in [0.717, 1.165) is 15.4 Å². The first-order chi connectivity index (χ1) is 14.2. The van der Waals surface area contributed by atoms with Gasteiger partial charge in [0.15, 0.2) is 0 Å². The minimum atomic E-state index is -4.02. The Hall–Kier alpha value is -2.71. The molecule has 0 bridgehead atoms. The van der Waals surface area contributed by atoms with Gasteiger partial charge in [-0.2, -0.15) is 0 Å². The van der Waals surface area contributed by atoms with Crippen LogP contribution < -0.4 is 9.62 Å². The molecule has 8 heteroatoms. The second kappa shape index (κ2) is 8.97. The second-order valence-corrected chi connectivity index (χ2v) is 9.54. The van der Waals surface area contributed by atoms with Crippen LogP contribution in [0.2, 0.25) is 0 Å². The number of halogens is 2. The van der Waals surface area contributed by atoms with Gasteiger partial charge in [0.25, 0.3) is 10.0 Å². The standard InChI is InChI=1S/C22H20BrFN2O3S/c1-15-8-10-18(12-16(15)2)26(30(28,29)19-6-4-3-5-7-19)14-22(27)25-21-11-9-17(23)13-20(21)24/h3-13H,14H2,1-2H3,(H,25,27). The number of sulfonamides is 1. The summed E-state index contributed by atoms with van der Waals surface area (Å²) in [5.41, 5.74) is 2.21. The van der Waals surface area contributed by atoms with E-state index in [1.54, 1.807) is 42.5 Å². The molecule has 0 fully saturated rings. The van der Waals surface area contributed by atoms with Gasteiger partial charge in [0.2, 0.25) is 5.91 Å². The maximum atomic E-state index is 14.1. The summed E-state index contributed by atoms with van der Waals surface area (Å²) in [6.07, 6.45) is 0. The molecule has 0 aromatic heterocycles. The van der Waals surface area contributed by atoms with Crippen LogP contribution in [0.25, 0.3) is 0 Å². The van der Waals surface area contributed by atoms with Gasteiger partial charge < -0.3 is 5.32 Å². The van der Waals surface area contributed by atoms with Crippen molar-refractivity contribution in [3.63, 3.8) is 0 Å². The van der Waals surface area contributed by atoms with Crippen LogP contribution in [0.3, 0.4) is 0 Å². The third-order valence-corrected chi connectivity index (χ3v) is 6.88. The van der Waals surface area contributed by atoms with E-state index < -0.39 is 28.3 Å². The van der Waals surface area contributed by atoms with Crippen molar-refractivity contribution in [1.82, 2.24) is 0 Å². The Morgan fingerprint density at radius 2 is 1.70 bits per heavy atom. The maximum Gasteiger partial charge on any atom is 0.264 e. The highest BCUT2D eigenvalue weighted by Crippen LogP contribution is 2.26. The fourth-order valence-corrected chi connectivity index (χ4v) is 4.59. The Bertz CT molecular complexity index is 1180. The molecule has 1 N–H and O–H groups in total. The van der Waals surface area contributed by atoms with E-state index >= 15 is 0 Å². The van der Waals surface area contributed by atoms with E-state index in [9.17, 15) is 17.6 Å². The molecule has 0 atom stereocenters. The monoisotopic (exact) mass is 490 g/mol. The predicted octanol–water partition coefficient (Wildman–Crippen LogP) is 5.04. The maximum absolute atomic E-state index is 14.1. The fourth-order valence-electron chi connectivity index (χ4n) is 2.83. The second-order valence-electron chi connectivity index (χ2n) is 6.77. The largest absolute Gasteiger partial charge is 0.322 e. The van der Waals surface area contributed by atoms with Crippen molar-refractivity contribution < 1.29 is 17.6 Å². The number of carbonyl (C=O) groups excluding carboxylic acids is 1. The summed E-state index contributed by atoms with van der Waals surface area (Å²) in [5.74, 6) is -1.28. The van der Waals surface area contributed by atoms with Crippen molar-refractivity contribution in [3.8, 4) is 0 Å². The van der Waals surface area contributed by atoms with E-state index in [4.69, 9.17) is 0 Å². The van der Waals surface area contributed by atoms with Gasteiger partial charge in [-0.15, -0.1) is 0 Å². The fraction of sp³-hybridized carbons (Fsp3) is 0.136. The van der Waals surface area contributed by atoms with Crippen LogP contribution in [-0.2, 0) is 14.8 Å². The van der Waals surface area contributed by atoms with E-state index in [2.05, 4.69) is 21.2 Å². The Balaban J connectivity index is 1.97. The first kappa shape index (κ1) is 22.0. The summed E-state index contributed by atoms with van der Waals surface area (Å²) < 4.78 is 42.2. The van der Waals surface area contributed by atoms with Crippen molar-refractivity contribution in [1.29, 1.82) is 0 Å². The molecule has 30 heavy (non-hydrogen) atoms. The molecule has 0 saturated heterocycles. The zero-order valence-corrected chi connectivity index (χ0v) is 18.8. The number of nitrogens with one attached hydrogen (secondary N) is 1. The van der Waals surface area contributed by atoms with E-state index in [1.807, 2.05) is 13.8 Å². The van der Waals surface area contributed by atoms with E-state index in [0.29, 0.717) is 10.2 Å².